The maximum atomic E-state index is 9.54. The van der Waals surface area contributed by atoms with E-state index in [2.05, 4.69) is 36.2 Å². The molecule has 3 N–H and O–H groups in total. The van der Waals surface area contributed by atoms with Gasteiger partial charge in [-0.2, -0.15) is 10.2 Å². The molecular formula is C18H20N8. The lowest BCUT2D eigenvalue weighted by atomic mass is 10.1. The summed E-state index contributed by atoms with van der Waals surface area (Å²) < 4.78 is 0. The summed E-state index contributed by atoms with van der Waals surface area (Å²) in [7, 11) is 1.65. The molecule has 132 valence electrons. The average molecular weight is 348 g/mol. The minimum Gasteiger partial charge on any atom is -0.403 e. The minimum atomic E-state index is 0.355. The van der Waals surface area contributed by atoms with Gasteiger partial charge in [0.1, 0.15) is 12.4 Å². The Bertz CT molecular complexity index is 875. The van der Waals surface area contributed by atoms with E-state index >= 15 is 0 Å². The average Bonchev–Trinajstić information content (AvgIpc) is 3.22. The second kappa shape index (κ2) is 8.07. The summed E-state index contributed by atoms with van der Waals surface area (Å²) in [6, 6.07) is 8.00. The number of aliphatic imine (C=N–C) groups is 1. The van der Waals surface area contributed by atoms with Crippen molar-refractivity contribution in [1.82, 2.24) is 15.0 Å². The molecular weight excluding hydrogens is 328 g/mol. The van der Waals surface area contributed by atoms with Crippen LogP contribution in [0.25, 0.3) is 11.4 Å². The van der Waals surface area contributed by atoms with Gasteiger partial charge >= 0.3 is 0 Å². The smallest absolute Gasteiger partial charge is 0.230 e. The number of allylic oxidation sites excluding steroid dienone is 1. The second-order valence-electron chi connectivity index (χ2n) is 5.80. The van der Waals surface area contributed by atoms with Crippen molar-refractivity contribution < 1.29 is 0 Å². The molecule has 0 saturated carbocycles. The van der Waals surface area contributed by atoms with Crippen molar-refractivity contribution in [3.05, 3.63) is 42.0 Å². The molecule has 8 heteroatoms. The van der Waals surface area contributed by atoms with Crippen molar-refractivity contribution in [2.45, 2.75) is 12.8 Å². The van der Waals surface area contributed by atoms with Crippen molar-refractivity contribution in [2.24, 2.45) is 10.7 Å². The lowest BCUT2D eigenvalue weighted by Crippen LogP contribution is -2.18. The Kier molecular flexibility index (Phi) is 5.39. The van der Waals surface area contributed by atoms with Gasteiger partial charge in [0, 0.05) is 38.1 Å². The van der Waals surface area contributed by atoms with Crippen LogP contribution in [-0.4, -0.2) is 41.3 Å². The summed E-state index contributed by atoms with van der Waals surface area (Å²) in [5, 5.41) is 12.5. The fourth-order valence-electron chi connectivity index (χ4n) is 2.88. The third-order valence-corrected chi connectivity index (χ3v) is 4.10. The first-order valence-electron chi connectivity index (χ1n) is 8.34. The van der Waals surface area contributed by atoms with Gasteiger partial charge in [0.05, 0.1) is 16.9 Å². The summed E-state index contributed by atoms with van der Waals surface area (Å²) in [5.41, 5.74) is 8.47. The van der Waals surface area contributed by atoms with E-state index < -0.39 is 0 Å². The zero-order valence-corrected chi connectivity index (χ0v) is 14.6. The van der Waals surface area contributed by atoms with Gasteiger partial charge in [-0.15, -0.1) is 0 Å². The molecule has 8 nitrogen and oxygen atoms in total. The third kappa shape index (κ3) is 3.78. The lowest BCUT2D eigenvalue weighted by molar-refractivity contribution is 0.949. The number of nitrogens with one attached hydrogen (secondary N) is 1. The van der Waals surface area contributed by atoms with E-state index in [1.54, 1.807) is 13.3 Å². The van der Waals surface area contributed by atoms with Crippen molar-refractivity contribution in [1.29, 1.82) is 5.26 Å². The predicted molar refractivity (Wildman–Crippen MR) is 102 cm³/mol. The highest BCUT2D eigenvalue weighted by Gasteiger charge is 2.17. The second-order valence-corrected chi connectivity index (χ2v) is 5.80. The number of aromatic nitrogens is 3. The summed E-state index contributed by atoms with van der Waals surface area (Å²) in [6.45, 7) is 1.97. The number of nitriles is 1. The normalized spacial score (nSPS) is 14.6. The van der Waals surface area contributed by atoms with Crippen molar-refractivity contribution in [3.63, 3.8) is 0 Å². The molecule has 1 aliphatic rings. The summed E-state index contributed by atoms with van der Waals surface area (Å²) in [4.78, 5) is 18.9. The van der Waals surface area contributed by atoms with Gasteiger partial charge in [0.2, 0.25) is 5.95 Å². The van der Waals surface area contributed by atoms with Crippen LogP contribution in [0.2, 0.25) is 0 Å². The first-order chi connectivity index (χ1) is 12.7. The van der Waals surface area contributed by atoms with Crippen molar-refractivity contribution in [2.75, 3.05) is 30.4 Å². The third-order valence-electron chi connectivity index (χ3n) is 4.10. The van der Waals surface area contributed by atoms with Crippen LogP contribution in [0.15, 0.2) is 41.4 Å². The van der Waals surface area contributed by atoms with Crippen molar-refractivity contribution >= 4 is 17.9 Å². The number of nitrogens with two attached hydrogens (primary N) is 1. The number of hydrogen-bond donors (Lipinski definition) is 2. The van der Waals surface area contributed by atoms with E-state index in [0.29, 0.717) is 23.0 Å². The lowest BCUT2D eigenvalue weighted by Gasteiger charge is -2.19. The topological polar surface area (TPSA) is 116 Å². The molecule has 0 unspecified atom stereocenters. The Hall–Kier alpha value is -3.47. The van der Waals surface area contributed by atoms with Crippen molar-refractivity contribution in [3.8, 4) is 17.5 Å². The van der Waals surface area contributed by atoms with E-state index in [-0.39, 0.29) is 0 Å². The van der Waals surface area contributed by atoms with Gasteiger partial charge in [-0.1, -0.05) is 0 Å². The highest BCUT2D eigenvalue weighted by molar-refractivity contribution is 5.82. The number of rotatable bonds is 5. The fraction of sp³-hybridized carbons (Fsp3) is 0.278. The molecule has 1 fully saturated rings. The number of hydrogen-bond acceptors (Lipinski definition) is 8. The Morgan fingerprint density at radius 3 is 2.85 bits per heavy atom. The van der Waals surface area contributed by atoms with Gasteiger partial charge in [0.25, 0.3) is 0 Å². The van der Waals surface area contributed by atoms with Crippen LogP contribution in [0.3, 0.4) is 0 Å². The van der Waals surface area contributed by atoms with Crippen LogP contribution in [0.4, 0.5) is 11.6 Å². The van der Waals surface area contributed by atoms with Crippen LogP contribution in [-0.2, 0) is 0 Å². The SMILES string of the molecule is CN=CC(=CN)Nc1ncnc(-c2ccc(N3CCCC3)c(C#N)c2)n1. The maximum Gasteiger partial charge on any atom is 0.230 e. The Balaban J connectivity index is 1.89. The van der Waals surface area contributed by atoms with Gasteiger partial charge in [-0.25, -0.2) is 9.97 Å². The molecule has 0 spiro atoms. The molecule has 1 saturated heterocycles. The van der Waals surface area contributed by atoms with Crippen LogP contribution < -0.4 is 16.0 Å². The van der Waals surface area contributed by atoms with Crippen LogP contribution in [0.5, 0.6) is 0 Å². The summed E-state index contributed by atoms with van der Waals surface area (Å²) in [6.07, 6.45) is 6.69. The van der Waals surface area contributed by atoms with E-state index in [0.717, 1.165) is 37.2 Å². The highest BCUT2D eigenvalue weighted by Crippen LogP contribution is 2.28. The minimum absolute atomic E-state index is 0.355. The molecule has 1 aromatic heterocycles. The molecule has 1 aliphatic heterocycles. The van der Waals surface area contributed by atoms with Gasteiger partial charge in [-0.05, 0) is 31.0 Å². The van der Waals surface area contributed by atoms with Gasteiger partial charge < -0.3 is 16.0 Å². The summed E-state index contributed by atoms with van der Waals surface area (Å²) in [5.74, 6) is 0.838. The standard InChI is InChI=1S/C18H20N8/c1-21-11-15(10-20)24-18-23-12-22-17(25-18)13-4-5-16(14(8-13)9-19)26-6-2-3-7-26/h4-5,8,10-12H,2-3,6-7,20H2,1H3,(H,22,23,24,25). The molecule has 0 amide bonds. The molecule has 2 heterocycles. The van der Waals surface area contributed by atoms with Crippen LogP contribution in [0.1, 0.15) is 18.4 Å². The van der Waals surface area contributed by atoms with E-state index in [1.807, 2.05) is 18.2 Å². The first-order valence-corrected chi connectivity index (χ1v) is 8.34. The molecule has 2 aromatic rings. The fourth-order valence-corrected chi connectivity index (χ4v) is 2.88. The zero-order chi connectivity index (χ0) is 18.4. The maximum absolute atomic E-state index is 9.54. The predicted octanol–water partition coefficient (Wildman–Crippen LogP) is 1.92. The monoisotopic (exact) mass is 348 g/mol. The Labute approximate surface area is 152 Å². The molecule has 0 bridgehead atoms. The van der Waals surface area contributed by atoms with E-state index in [4.69, 9.17) is 5.73 Å². The molecule has 0 aliphatic carbocycles. The van der Waals surface area contributed by atoms with Gasteiger partial charge in [0.15, 0.2) is 5.82 Å². The Morgan fingerprint density at radius 1 is 1.35 bits per heavy atom. The number of benzene rings is 1. The largest absolute Gasteiger partial charge is 0.403 e. The zero-order valence-electron chi connectivity index (χ0n) is 14.6. The first kappa shape index (κ1) is 17.4. The highest BCUT2D eigenvalue weighted by atomic mass is 15.2. The Morgan fingerprint density at radius 2 is 2.15 bits per heavy atom. The van der Waals surface area contributed by atoms with Gasteiger partial charge in [-0.3, -0.25) is 4.99 Å². The molecule has 0 radical (unpaired) electrons. The molecule has 26 heavy (non-hydrogen) atoms. The van der Waals surface area contributed by atoms with E-state index in [1.165, 1.54) is 12.5 Å². The van der Waals surface area contributed by atoms with Crippen LogP contribution in [0, 0.1) is 11.3 Å². The molecule has 1 aromatic carbocycles. The van der Waals surface area contributed by atoms with E-state index in [9.17, 15) is 5.26 Å². The van der Waals surface area contributed by atoms with Crippen LogP contribution >= 0.6 is 0 Å². The quantitative estimate of drug-likeness (QED) is 0.793. The molecule has 3 rings (SSSR count). The number of nitrogens with zero attached hydrogens (tertiary/aromatic N) is 6. The number of anilines is 2. The summed E-state index contributed by atoms with van der Waals surface area (Å²) >= 11 is 0. The molecule has 0 atom stereocenters.